The van der Waals surface area contributed by atoms with Gasteiger partial charge in [0.2, 0.25) is 0 Å². The van der Waals surface area contributed by atoms with Gasteiger partial charge in [0.15, 0.2) is 0 Å². The van der Waals surface area contributed by atoms with E-state index in [1.54, 1.807) is 29.2 Å². The number of carbonyl (C=O) groups excluding carboxylic acids is 2. The number of urea groups is 1. The van der Waals surface area contributed by atoms with Crippen LogP contribution in [0.15, 0.2) is 24.3 Å². The molecule has 0 spiro atoms. The molecule has 3 amide bonds. The minimum atomic E-state index is -0.637. The average molecular weight is 374 g/mol. The standard InChI is InChI=1S/C20H18N6O2/c21-9-12-1-5-14(6-2-12)24-20(28)25-7-8-26-16(11-25)17(19(23)27)15(10-22)18(26)13-3-4-13/h1-2,5-6,13H,3-4,7-8,11H2,(H2,23,27)(H,24,28). The second-order valence-corrected chi connectivity index (χ2v) is 7.02. The number of fused-ring (bicyclic) bond motifs is 1. The zero-order valence-corrected chi connectivity index (χ0v) is 15.1. The molecule has 1 aliphatic carbocycles. The number of amides is 3. The third kappa shape index (κ3) is 2.95. The van der Waals surface area contributed by atoms with Crippen LogP contribution in [0.2, 0.25) is 0 Å². The Balaban J connectivity index is 1.60. The summed E-state index contributed by atoms with van der Waals surface area (Å²) in [5.41, 5.74) is 8.78. The fourth-order valence-corrected chi connectivity index (χ4v) is 3.75. The fraction of sp³-hybridized carbons (Fsp3) is 0.300. The molecule has 1 saturated carbocycles. The molecular weight excluding hydrogens is 356 g/mol. The summed E-state index contributed by atoms with van der Waals surface area (Å²) in [7, 11) is 0. The van der Waals surface area contributed by atoms with Gasteiger partial charge in [-0.05, 0) is 37.1 Å². The maximum absolute atomic E-state index is 12.7. The number of nitrogens with one attached hydrogen (secondary N) is 1. The zero-order valence-electron chi connectivity index (χ0n) is 15.1. The molecule has 1 aromatic heterocycles. The highest BCUT2D eigenvalue weighted by molar-refractivity contribution is 5.98. The Morgan fingerprint density at radius 3 is 2.39 bits per heavy atom. The summed E-state index contributed by atoms with van der Waals surface area (Å²) >= 11 is 0. The van der Waals surface area contributed by atoms with Gasteiger partial charge >= 0.3 is 6.03 Å². The number of nitriles is 2. The maximum atomic E-state index is 12.7. The van der Waals surface area contributed by atoms with Gasteiger partial charge in [-0.1, -0.05) is 0 Å². The third-order valence-electron chi connectivity index (χ3n) is 5.22. The van der Waals surface area contributed by atoms with Gasteiger partial charge in [-0.2, -0.15) is 10.5 Å². The first-order valence-electron chi connectivity index (χ1n) is 9.04. The van der Waals surface area contributed by atoms with E-state index in [9.17, 15) is 14.9 Å². The third-order valence-corrected chi connectivity index (χ3v) is 5.22. The molecule has 8 heteroatoms. The number of hydrogen-bond donors (Lipinski definition) is 2. The van der Waals surface area contributed by atoms with Gasteiger partial charge in [0.25, 0.3) is 5.91 Å². The normalized spacial score (nSPS) is 15.3. The molecule has 0 unspecified atom stereocenters. The van der Waals surface area contributed by atoms with Crippen LogP contribution >= 0.6 is 0 Å². The number of anilines is 1. The van der Waals surface area contributed by atoms with E-state index in [4.69, 9.17) is 11.0 Å². The molecule has 0 bridgehead atoms. The summed E-state index contributed by atoms with van der Waals surface area (Å²) in [4.78, 5) is 26.3. The van der Waals surface area contributed by atoms with Gasteiger partial charge in [-0.25, -0.2) is 4.79 Å². The lowest BCUT2D eigenvalue weighted by Crippen LogP contribution is -2.41. The van der Waals surface area contributed by atoms with Gasteiger partial charge in [-0.3, -0.25) is 4.79 Å². The minimum absolute atomic E-state index is 0.210. The Labute approximate surface area is 161 Å². The first-order valence-corrected chi connectivity index (χ1v) is 9.04. The lowest BCUT2D eigenvalue weighted by atomic mass is 10.1. The van der Waals surface area contributed by atoms with E-state index in [2.05, 4.69) is 11.4 Å². The first kappa shape index (κ1) is 17.6. The van der Waals surface area contributed by atoms with Crippen LogP contribution in [0.25, 0.3) is 0 Å². The molecular formula is C20H18N6O2. The van der Waals surface area contributed by atoms with Gasteiger partial charge in [0.1, 0.15) is 6.07 Å². The molecule has 140 valence electrons. The minimum Gasteiger partial charge on any atom is -0.366 e. The molecule has 1 aliphatic heterocycles. The number of rotatable bonds is 3. The van der Waals surface area contributed by atoms with Crippen molar-refractivity contribution in [1.82, 2.24) is 9.47 Å². The quantitative estimate of drug-likeness (QED) is 0.854. The zero-order chi connectivity index (χ0) is 19.8. The van der Waals surface area contributed by atoms with Gasteiger partial charge in [0.05, 0.1) is 35.0 Å². The maximum Gasteiger partial charge on any atom is 0.322 e. The highest BCUT2D eigenvalue weighted by Crippen LogP contribution is 2.44. The monoisotopic (exact) mass is 374 g/mol. The lowest BCUT2D eigenvalue weighted by molar-refractivity contribution is 0.0997. The van der Waals surface area contributed by atoms with E-state index >= 15 is 0 Å². The Hall–Kier alpha value is -3.78. The molecule has 28 heavy (non-hydrogen) atoms. The van der Waals surface area contributed by atoms with Crippen molar-refractivity contribution in [3.05, 3.63) is 52.3 Å². The summed E-state index contributed by atoms with van der Waals surface area (Å²) in [5.74, 6) is -0.345. The van der Waals surface area contributed by atoms with Crippen LogP contribution < -0.4 is 11.1 Å². The molecule has 2 aliphatic rings. The number of carbonyl (C=O) groups is 2. The lowest BCUT2D eigenvalue weighted by Gasteiger charge is -2.30. The van der Waals surface area contributed by atoms with Crippen LogP contribution in [-0.4, -0.2) is 28.0 Å². The highest BCUT2D eigenvalue weighted by atomic mass is 16.2. The van der Waals surface area contributed by atoms with Crippen molar-refractivity contribution >= 4 is 17.6 Å². The molecule has 0 atom stereocenters. The predicted octanol–water partition coefficient (Wildman–Crippen LogP) is 2.26. The second-order valence-electron chi connectivity index (χ2n) is 7.02. The van der Waals surface area contributed by atoms with Gasteiger partial charge in [0, 0.05) is 30.4 Å². The van der Waals surface area contributed by atoms with Gasteiger partial charge < -0.3 is 20.5 Å². The molecule has 2 aromatic rings. The Kier molecular flexibility index (Phi) is 4.25. The summed E-state index contributed by atoms with van der Waals surface area (Å²) in [6.45, 7) is 1.19. The number of benzene rings is 1. The first-order chi connectivity index (χ1) is 13.5. The number of primary amides is 1. The molecule has 0 radical (unpaired) electrons. The molecule has 4 rings (SSSR count). The summed E-state index contributed by atoms with van der Waals surface area (Å²) in [6, 6.07) is 10.5. The van der Waals surface area contributed by atoms with Crippen molar-refractivity contribution < 1.29 is 9.59 Å². The highest BCUT2D eigenvalue weighted by Gasteiger charge is 2.37. The van der Waals surface area contributed by atoms with Crippen LogP contribution in [-0.2, 0) is 13.1 Å². The molecule has 8 nitrogen and oxygen atoms in total. The van der Waals surface area contributed by atoms with Crippen LogP contribution in [0.5, 0.6) is 0 Å². The average Bonchev–Trinajstić information content (AvgIpc) is 3.48. The summed E-state index contributed by atoms with van der Waals surface area (Å²) in [6.07, 6.45) is 2.00. The van der Waals surface area contributed by atoms with Crippen LogP contribution in [0.3, 0.4) is 0 Å². The Bertz CT molecular complexity index is 1050. The molecule has 1 aromatic carbocycles. The largest absolute Gasteiger partial charge is 0.366 e. The molecule has 3 N–H and O–H groups in total. The topological polar surface area (TPSA) is 128 Å². The second kappa shape index (κ2) is 6.75. The van der Waals surface area contributed by atoms with Crippen molar-refractivity contribution in [2.75, 3.05) is 11.9 Å². The van der Waals surface area contributed by atoms with E-state index < -0.39 is 5.91 Å². The van der Waals surface area contributed by atoms with E-state index in [-0.39, 0.29) is 18.1 Å². The van der Waals surface area contributed by atoms with Crippen molar-refractivity contribution in [2.45, 2.75) is 31.8 Å². The van der Waals surface area contributed by atoms with E-state index in [0.717, 1.165) is 18.5 Å². The van der Waals surface area contributed by atoms with E-state index in [1.165, 1.54) is 0 Å². The number of aromatic nitrogens is 1. The Morgan fingerprint density at radius 2 is 1.82 bits per heavy atom. The van der Waals surface area contributed by atoms with E-state index in [1.807, 2.05) is 10.6 Å². The number of nitrogens with zero attached hydrogens (tertiary/aromatic N) is 4. The fourth-order valence-electron chi connectivity index (χ4n) is 3.75. The van der Waals surface area contributed by atoms with Crippen molar-refractivity contribution in [1.29, 1.82) is 10.5 Å². The molecule has 0 saturated heterocycles. The van der Waals surface area contributed by atoms with Crippen LogP contribution in [0, 0.1) is 22.7 Å². The van der Waals surface area contributed by atoms with Crippen LogP contribution in [0.1, 0.15) is 51.6 Å². The van der Waals surface area contributed by atoms with E-state index in [0.29, 0.717) is 41.5 Å². The van der Waals surface area contributed by atoms with Crippen molar-refractivity contribution in [2.24, 2.45) is 5.73 Å². The SMILES string of the molecule is N#Cc1ccc(NC(=O)N2CCn3c(c(C(N)=O)c(C#N)c3C3CC3)C2)cc1. The Morgan fingerprint density at radius 1 is 1.11 bits per heavy atom. The predicted molar refractivity (Wildman–Crippen MR) is 100 cm³/mol. The summed E-state index contributed by atoms with van der Waals surface area (Å²) in [5, 5.41) is 21.3. The van der Waals surface area contributed by atoms with Gasteiger partial charge in [-0.15, -0.1) is 0 Å². The molecule has 2 heterocycles. The van der Waals surface area contributed by atoms with Crippen LogP contribution in [0.4, 0.5) is 10.5 Å². The smallest absolute Gasteiger partial charge is 0.322 e. The molecule has 1 fully saturated rings. The number of hydrogen-bond acceptors (Lipinski definition) is 4. The number of nitrogens with two attached hydrogens (primary N) is 1. The van der Waals surface area contributed by atoms with Crippen molar-refractivity contribution in [3.8, 4) is 12.1 Å². The van der Waals surface area contributed by atoms with Crippen molar-refractivity contribution in [3.63, 3.8) is 0 Å². The summed E-state index contributed by atoms with van der Waals surface area (Å²) < 4.78 is 2.00.